The van der Waals surface area contributed by atoms with Crippen LogP contribution in [0.25, 0.3) is 0 Å². The van der Waals surface area contributed by atoms with Gasteiger partial charge in [-0.1, -0.05) is 6.07 Å². The molecule has 0 fully saturated rings. The average molecular weight is 298 g/mol. The zero-order chi connectivity index (χ0) is 15.3. The summed E-state index contributed by atoms with van der Waals surface area (Å²) in [7, 11) is 0. The van der Waals surface area contributed by atoms with Crippen LogP contribution in [0.3, 0.4) is 0 Å². The first-order valence-electron chi connectivity index (χ1n) is 6.06. The van der Waals surface area contributed by atoms with E-state index in [1.807, 2.05) is 0 Å². The zero-order valence-corrected chi connectivity index (χ0v) is 12.7. The van der Waals surface area contributed by atoms with Crippen molar-refractivity contribution in [3.63, 3.8) is 0 Å². The second kappa shape index (κ2) is 6.51. The Morgan fingerprint density at radius 2 is 1.95 bits per heavy atom. The molecule has 0 bridgehead atoms. The molecular weight excluding hydrogens is 280 g/mol. The first-order chi connectivity index (χ1) is 9.19. The predicted molar refractivity (Wildman–Crippen MR) is 75.6 cm³/mol. The highest BCUT2D eigenvalue weighted by Gasteiger charge is 2.22. The van der Waals surface area contributed by atoms with E-state index >= 15 is 0 Å². The van der Waals surface area contributed by atoms with E-state index in [1.165, 1.54) is 18.3 Å². The van der Waals surface area contributed by atoms with Gasteiger partial charge in [-0.25, -0.2) is 9.59 Å². The lowest BCUT2D eigenvalue weighted by atomic mass is 10.1. The van der Waals surface area contributed by atoms with E-state index in [0.717, 1.165) is 0 Å². The number of hydrogen-bond donors (Lipinski definition) is 2. The van der Waals surface area contributed by atoms with Gasteiger partial charge in [0, 0.05) is 5.54 Å². The molecule has 1 aromatic rings. The van der Waals surface area contributed by atoms with E-state index in [4.69, 9.17) is 4.74 Å². The number of urea groups is 1. The van der Waals surface area contributed by atoms with Crippen LogP contribution in [-0.4, -0.2) is 29.6 Å². The van der Waals surface area contributed by atoms with Crippen molar-refractivity contribution in [2.24, 2.45) is 0 Å². The summed E-state index contributed by atoms with van der Waals surface area (Å²) in [6.45, 7) is 6.77. The highest BCUT2D eigenvalue weighted by molar-refractivity contribution is 7.11. The molecule has 1 heterocycles. The average Bonchev–Trinajstić information content (AvgIpc) is 2.79. The van der Waals surface area contributed by atoms with Crippen LogP contribution < -0.4 is 10.6 Å². The number of imide groups is 1. The van der Waals surface area contributed by atoms with Crippen LogP contribution in [0, 0.1) is 0 Å². The van der Waals surface area contributed by atoms with Crippen molar-refractivity contribution in [3.05, 3.63) is 22.4 Å². The summed E-state index contributed by atoms with van der Waals surface area (Å²) in [5.74, 6) is -1.25. The summed E-state index contributed by atoms with van der Waals surface area (Å²) in [6, 6.07) is 2.69. The minimum atomic E-state index is -1.05. The molecule has 1 atom stereocenters. The lowest BCUT2D eigenvalue weighted by Crippen LogP contribution is -2.50. The van der Waals surface area contributed by atoms with Crippen molar-refractivity contribution in [2.45, 2.75) is 39.3 Å². The third kappa shape index (κ3) is 5.40. The van der Waals surface area contributed by atoms with Gasteiger partial charge in [0.25, 0.3) is 5.91 Å². The van der Waals surface area contributed by atoms with Crippen LogP contribution in [0.2, 0.25) is 0 Å². The van der Waals surface area contributed by atoms with Gasteiger partial charge in [0.2, 0.25) is 0 Å². The molecule has 0 saturated carbocycles. The highest BCUT2D eigenvalue weighted by Crippen LogP contribution is 2.11. The van der Waals surface area contributed by atoms with Crippen LogP contribution in [0.15, 0.2) is 17.5 Å². The van der Waals surface area contributed by atoms with Crippen LogP contribution >= 0.6 is 11.3 Å². The van der Waals surface area contributed by atoms with E-state index in [9.17, 15) is 14.4 Å². The fourth-order valence-corrected chi connectivity index (χ4v) is 1.86. The van der Waals surface area contributed by atoms with Crippen molar-refractivity contribution >= 4 is 29.2 Å². The van der Waals surface area contributed by atoms with Gasteiger partial charge in [-0.15, -0.1) is 11.3 Å². The quantitative estimate of drug-likeness (QED) is 0.835. The van der Waals surface area contributed by atoms with Crippen molar-refractivity contribution in [3.8, 4) is 0 Å². The second-order valence-corrected chi connectivity index (χ2v) is 6.17. The maximum atomic E-state index is 11.7. The van der Waals surface area contributed by atoms with Crippen molar-refractivity contribution in [1.29, 1.82) is 0 Å². The maximum Gasteiger partial charge on any atom is 0.349 e. The number of amides is 3. The van der Waals surface area contributed by atoms with Crippen LogP contribution in [0.1, 0.15) is 37.4 Å². The third-order valence-corrected chi connectivity index (χ3v) is 2.95. The molecule has 0 aromatic carbocycles. The van der Waals surface area contributed by atoms with Gasteiger partial charge in [-0.2, -0.15) is 0 Å². The molecule has 0 aliphatic rings. The molecule has 1 unspecified atom stereocenters. The third-order valence-electron chi connectivity index (χ3n) is 2.10. The van der Waals surface area contributed by atoms with Gasteiger partial charge in [0.1, 0.15) is 4.88 Å². The van der Waals surface area contributed by atoms with Crippen molar-refractivity contribution in [2.75, 3.05) is 0 Å². The summed E-state index contributed by atoms with van der Waals surface area (Å²) < 4.78 is 4.97. The summed E-state index contributed by atoms with van der Waals surface area (Å²) >= 11 is 1.22. The molecule has 6 nitrogen and oxygen atoms in total. The fourth-order valence-electron chi connectivity index (χ4n) is 1.25. The van der Waals surface area contributed by atoms with E-state index < -0.39 is 29.6 Å². The number of thiophene rings is 1. The molecule has 7 heteroatoms. The molecule has 0 aliphatic heterocycles. The summed E-state index contributed by atoms with van der Waals surface area (Å²) in [5, 5.41) is 6.43. The Morgan fingerprint density at radius 3 is 2.45 bits per heavy atom. The molecule has 3 amide bonds. The van der Waals surface area contributed by atoms with Gasteiger partial charge in [-0.3, -0.25) is 10.1 Å². The lowest BCUT2D eigenvalue weighted by molar-refractivity contribution is -0.127. The maximum absolute atomic E-state index is 11.7. The van der Waals surface area contributed by atoms with Crippen LogP contribution in [0.4, 0.5) is 4.79 Å². The fraction of sp³-hybridized carbons (Fsp3) is 0.462. The summed E-state index contributed by atoms with van der Waals surface area (Å²) in [6.07, 6.45) is -1.05. The SMILES string of the molecule is CC(OC(=O)c1cccs1)C(=O)NC(=O)NC(C)(C)C. The van der Waals surface area contributed by atoms with E-state index in [1.54, 1.807) is 38.3 Å². The Hall–Kier alpha value is -1.89. The van der Waals surface area contributed by atoms with E-state index in [0.29, 0.717) is 4.88 Å². The minimum Gasteiger partial charge on any atom is -0.448 e. The number of rotatable bonds is 3. The Bertz CT molecular complexity index is 491. The molecule has 110 valence electrons. The van der Waals surface area contributed by atoms with Gasteiger partial charge in [0.15, 0.2) is 6.10 Å². The molecule has 0 saturated heterocycles. The van der Waals surface area contributed by atoms with Crippen LogP contribution in [-0.2, 0) is 9.53 Å². The predicted octanol–water partition coefficient (Wildman–Crippen LogP) is 1.92. The molecule has 0 aliphatic carbocycles. The van der Waals surface area contributed by atoms with Gasteiger partial charge >= 0.3 is 12.0 Å². The van der Waals surface area contributed by atoms with E-state index in [-0.39, 0.29) is 0 Å². The van der Waals surface area contributed by atoms with E-state index in [2.05, 4.69) is 10.6 Å². The highest BCUT2D eigenvalue weighted by atomic mass is 32.1. The second-order valence-electron chi connectivity index (χ2n) is 5.22. The molecule has 2 N–H and O–H groups in total. The van der Waals surface area contributed by atoms with Crippen LogP contribution in [0.5, 0.6) is 0 Å². The topological polar surface area (TPSA) is 84.5 Å². The largest absolute Gasteiger partial charge is 0.448 e. The first kappa shape index (κ1) is 16.2. The number of hydrogen-bond acceptors (Lipinski definition) is 5. The smallest absolute Gasteiger partial charge is 0.349 e. The van der Waals surface area contributed by atoms with Crippen molar-refractivity contribution in [1.82, 2.24) is 10.6 Å². The number of nitrogens with one attached hydrogen (secondary N) is 2. The number of esters is 1. The van der Waals surface area contributed by atoms with Crippen molar-refractivity contribution < 1.29 is 19.1 Å². The molecular formula is C13H18N2O4S. The molecule has 0 radical (unpaired) electrons. The number of ether oxygens (including phenoxy) is 1. The zero-order valence-electron chi connectivity index (χ0n) is 11.9. The molecule has 0 spiro atoms. The minimum absolute atomic E-state index is 0.406. The lowest BCUT2D eigenvalue weighted by Gasteiger charge is -2.21. The van der Waals surface area contributed by atoms with Gasteiger partial charge < -0.3 is 10.1 Å². The summed E-state index contributed by atoms with van der Waals surface area (Å²) in [5.41, 5.74) is -0.457. The molecule has 20 heavy (non-hydrogen) atoms. The Morgan fingerprint density at radius 1 is 1.30 bits per heavy atom. The van der Waals surface area contributed by atoms with Gasteiger partial charge in [-0.05, 0) is 39.1 Å². The summed E-state index contributed by atoms with van der Waals surface area (Å²) in [4.78, 5) is 35.3. The normalized spacial score (nSPS) is 12.4. The Kier molecular flexibility index (Phi) is 5.26. The first-order valence-corrected chi connectivity index (χ1v) is 6.94. The monoisotopic (exact) mass is 298 g/mol. The van der Waals surface area contributed by atoms with Gasteiger partial charge in [0.05, 0.1) is 0 Å². The number of carbonyl (C=O) groups is 3. The molecule has 1 rings (SSSR count). The standard InChI is InChI=1S/C13H18N2O4S/c1-8(19-11(17)9-6-5-7-20-9)10(16)14-12(18)15-13(2,3)4/h5-8H,1-4H3,(H2,14,15,16,18). The Balaban J connectivity index is 2.47. The Labute approximate surface area is 121 Å². The number of carbonyl (C=O) groups excluding carboxylic acids is 3. The molecule has 1 aromatic heterocycles.